The largest absolute Gasteiger partial charge is 0.453 e. The molecule has 1 amide bonds. The molecule has 0 spiro atoms. The second-order valence-electron chi connectivity index (χ2n) is 4.34. The van der Waals surface area contributed by atoms with Crippen LogP contribution in [-0.2, 0) is 0 Å². The van der Waals surface area contributed by atoms with E-state index in [1.807, 2.05) is 0 Å². The average Bonchev–Trinajstić information content (AvgIpc) is 2.42. The number of para-hydroxylation sites is 1. The summed E-state index contributed by atoms with van der Waals surface area (Å²) in [6.07, 6.45) is 1.50. The van der Waals surface area contributed by atoms with Crippen molar-refractivity contribution in [2.24, 2.45) is 0 Å². The number of halogens is 1. The van der Waals surface area contributed by atoms with Gasteiger partial charge in [-0.05, 0) is 18.2 Å². The first-order chi connectivity index (χ1) is 9.49. The van der Waals surface area contributed by atoms with E-state index in [4.69, 9.17) is 22.1 Å². The average molecular weight is 292 g/mol. The molecule has 2 rings (SSSR count). The molecule has 0 aliphatic rings. The smallest absolute Gasteiger partial charge is 0.272 e. The molecule has 5 nitrogen and oxygen atoms in total. The molecule has 1 aromatic carbocycles. The van der Waals surface area contributed by atoms with Gasteiger partial charge in [-0.1, -0.05) is 17.7 Å². The Balaban J connectivity index is 2.31. The van der Waals surface area contributed by atoms with E-state index < -0.39 is 0 Å². The van der Waals surface area contributed by atoms with Gasteiger partial charge >= 0.3 is 0 Å². The molecule has 20 heavy (non-hydrogen) atoms. The van der Waals surface area contributed by atoms with Gasteiger partial charge in [-0.3, -0.25) is 9.78 Å². The molecular formula is C14H14ClN3O2. The number of carbonyl (C=O) groups excluding carboxylic acids is 1. The monoisotopic (exact) mass is 291 g/mol. The summed E-state index contributed by atoms with van der Waals surface area (Å²) < 4.78 is 5.64. The van der Waals surface area contributed by atoms with Crippen molar-refractivity contribution in [3.63, 3.8) is 0 Å². The number of rotatable bonds is 3. The standard InChI is InChI=1S/C14H14ClN3O2/c1-18(2)14(19)12-8-9(6-7-17-12)20-13-10(15)4-3-5-11(13)16/h3-8H,16H2,1-2H3. The van der Waals surface area contributed by atoms with E-state index >= 15 is 0 Å². The van der Waals surface area contributed by atoms with Crippen LogP contribution in [0, 0.1) is 0 Å². The maximum absolute atomic E-state index is 11.8. The highest BCUT2D eigenvalue weighted by Crippen LogP contribution is 2.34. The van der Waals surface area contributed by atoms with Gasteiger partial charge in [0.25, 0.3) is 5.91 Å². The lowest BCUT2D eigenvalue weighted by Gasteiger charge is -2.12. The first-order valence-electron chi connectivity index (χ1n) is 5.88. The zero-order chi connectivity index (χ0) is 14.7. The zero-order valence-corrected chi connectivity index (χ0v) is 11.9. The number of anilines is 1. The van der Waals surface area contributed by atoms with Crippen LogP contribution in [0.1, 0.15) is 10.5 Å². The zero-order valence-electron chi connectivity index (χ0n) is 11.1. The fraction of sp³-hybridized carbons (Fsp3) is 0.143. The number of carbonyl (C=O) groups is 1. The molecule has 0 unspecified atom stereocenters. The van der Waals surface area contributed by atoms with Gasteiger partial charge in [0, 0.05) is 26.4 Å². The van der Waals surface area contributed by atoms with Crippen molar-refractivity contribution in [2.45, 2.75) is 0 Å². The van der Waals surface area contributed by atoms with Crippen molar-refractivity contribution in [3.8, 4) is 11.5 Å². The van der Waals surface area contributed by atoms with Gasteiger partial charge < -0.3 is 15.4 Å². The summed E-state index contributed by atoms with van der Waals surface area (Å²) in [6.45, 7) is 0. The number of amides is 1. The molecule has 0 fully saturated rings. The normalized spacial score (nSPS) is 10.2. The van der Waals surface area contributed by atoms with Crippen LogP contribution in [0.4, 0.5) is 5.69 Å². The minimum atomic E-state index is -0.206. The predicted molar refractivity (Wildman–Crippen MR) is 78.2 cm³/mol. The third-order valence-corrected chi connectivity index (χ3v) is 2.87. The van der Waals surface area contributed by atoms with E-state index in [2.05, 4.69) is 4.98 Å². The quantitative estimate of drug-likeness (QED) is 0.883. The summed E-state index contributed by atoms with van der Waals surface area (Å²) in [7, 11) is 3.31. The molecule has 0 aliphatic carbocycles. The Kier molecular flexibility index (Phi) is 4.10. The Morgan fingerprint density at radius 3 is 2.75 bits per heavy atom. The Bertz CT molecular complexity index is 624. The maximum atomic E-state index is 11.8. The van der Waals surface area contributed by atoms with Gasteiger partial charge in [0.1, 0.15) is 11.4 Å². The van der Waals surface area contributed by atoms with Crippen molar-refractivity contribution in [2.75, 3.05) is 19.8 Å². The molecule has 1 aromatic heterocycles. The molecule has 0 saturated heterocycles. The third-order valence-electron chi connectivity index (χ3n) is 2.57. The molecular weight excluding hydrogens is 278 g/mol. The lowest BCUT2D eigenvalue weighted by Crippen LogP contribution is -2.22. The van der Waals surface area contributed by atoms with Crippen LogP contribution in [0.2, 0.25) is 5.02 Å². The van der Waals surface area contributed by atoms with Gasteiger partial charge in [-0.15, -0.1) is 0 Å². The van der Waals surface area contributed by atoms with Crippen LogP contribution in [0.5, 0.6) is 11.5 Å². The van der Waals surface area contributed by atoms with Crippen molar-refractivity contribution in [1.82, 2.24) is 9.88 Å². The first kappa shape index (κ1) is 14.1. The predicted octanol–water partition coefficient (Wildman–Crippen LogP) is 2.81. The number of nitrogens with zero attached hydrogens (tertiary/aromatic N) is 2. The van der Waals surface area contributed by atoms with Gasteiger partial charge in [0.05, 0.1) is 10.7 Å². The van der Waals surface area contributed by atoms with Crippen molar-refractivity contribution < 1.29 is 9.53 Å². The number of nitrogen functional groups attached to an aromatic ring is 1. The topological polar surface area (TPSA) is 68.5 Å². The Hall–Kier alpha value is -2.27. The van der Waals surface area contributed by atoms with E-state index in [-0.39, 0.29) is 11.6 Å². The molecule has 0 bridgehead atoms. The summed E-state index contributed by atoms with van der Waals surface area (Å²) in [5.74, 6) is 0.608. The van der Waals surface area contributed by atoms with Crippen LogP contribution in [-0.4, -0.2) is 29.9 Å². The first-order valence-corrected chi connectivity index (χ1v) is 6.26. The molecule has 1 heterocycles. The number of ether oxygens (including phenoxy) is 1. The number of hydrogen-bond acceptors (Lipinski definition) is 4. The molecule has 0 aliphatic heterocycles. The van der Waals surface area contributed by atoms with Gasteiger partial charge in [-0.2, -0.15) is 0 Å². The van der Waals surface area contributed by atoms with Gasteiger partial charge in [0.2, 0.25) is 0 Å². The Morgan fingerprint density at radius 1 is 1.35 bits per heavy atom. The minimum absolute atomic E-state index is 0.206. The summed E-state index contributed by atoms with van der Waals surface area (Å²) in [4.78, 5) is 17.3. The third kappa shape index (κ3) is 3.00. The number of benzene rings is 1. The fourth-order valence-electron chi connectivity index (χ4n) is 1.57. The van der Waals surface area contributed by atoms with Gasteiger partial charge in [0.15, 0.2) is 5.75 Å². The summed E-state index contributed by atoms with van der Waals surface area (Å²) in [5.41, 5.74) is 6.53. The lowest BCUT2D eigenvalue weighted by molar-refractivity contribution is 0.0821. The molecule has 2 aromatic rings. The summed E-state index contributed by atoms with van der Waals surface area (Å²) in [5, 5.41) is 0.405. The highest BCUT2D eigenvalue weighted by molar-refractivity contribution is 6.32. The Labute approximate surface area is 121 Å². The second kappa shape index (κ2) is 5.79. The van der Waals surface area contributed by atoms with Crippen LogP contribution >= 0.6 is 11.6 Å². The molecule has 6 heteroatoms. The van der Waals surface area contributed by atoms with Crippen molar-refractivity contribution in [3.05, 3.63) is 47.2 Å². The number of aromatic nitrogens is 1. The van der Waals surface area contributed by atoms with E-state index in [9.17, 15) is 4.79 Å². The molecule has 0 radical (unpaired) electrons. The Morgan fingerprint density at radius 2 is 2.10 bits per heavy atom. The minimum Gasteiger partial charge on any atom is -0.453 e. The second-order valence-corrected chi connectivity index (χ2v) is 4.74. The molecule has 2 N–H and O–H groups in total. The number of nitrogens with two attached hydrogens (primary N) is 1. The maximum Gasteiger partial charge on any atom is 0.272 e. The number of hydrogen-bond donors (Lipinski definition) is 1. The van der Waals surface area contributed by atoms with E-state index in [1.54, 1.807) is 44.4 Å². The highest BCUT2D eigenvalue weighted by atomic mass is 35.5. The van der Waals surface area contributed by atoms with E-state index in [1.165, 1.54) is 11.1 Å². The molecule has 0 saturated carbocycles. The van der Waals surface area contributed by atoms with Crippen LogP contribution in [0.25, 0.3) is 0 Å². The van der Waals surface area contributed by atoms with Gasteiger partial charge in [-0.25, -0.2) is 0 Å². The number of pyridine rings is 1. The summed E-state index contributed by atoms with van der Waals surface area (Å²) >= 11 is 6.04. The van der Waals surface area contributed by atoms with Crippen molar-refractivity contribution in [1.29, 1.82) is 0 Å². The van der Waals surface area contributed by atoms with E-state index in [0.717, 1.165) is 0 Å². The van der Waals surface area contributed by atoms with Crippen LogP contribution in [0.3, 0.4) is 0 Å². The van der Waals surface area contributed by atoms with E-state index in [0.29, 0.717) is 22.2 Å². The molecule has 0 atom stereocenters. The van der Waals surface area contributed by atoms with Crippen LogP contribution in [0.15, 0.2) is 36.5 Å². The SMILES string of the molecule is CN(C)C(=O)c1cc(Oc2c(N)cccc2Cl)ccn1. The highest BCUT2D eigenvalue weighted by Gasteiger charge is 2.12. The fourth-order valence-corrected chi connectivity index (χ4v) is 1.79. The van der Waals surface area contributed by atoms with Crippen molar-refractivity contribution >= 4 is 23.2 Å². The molecule has 104 valence electrons. The van der Waals surface area contributed by atoms with Crippen LogP contribution < -0.4 is 10.5 Å². The lowest BCUT2D eigenvalue weighted by atomic mass is 10.3. The summed E-state index contributed by atoms with van der Waals surface area (Å²) in [6, 6.07) is 8.28.